The summed E-state index contributed by atoms with van der Waals surface area (Å²) >= 11 is 1.88. The Bertz CT molecular complexity index is 319. The van der Waals surface area contributed by atoms with E-state index in [9.17, 15) is 0 Å². The van der Waals surface area contributed by atoms with Gasteiger partial charge in [-0.3, -0.25) is 0 Å². The van der Waals surface area contributed by atoms with Crippen LogP contribution in [0.4, 0.5) is 0 Å². The molecule has 19 heavy (non-hydrogen) atoms. The van der Waals surface area contributed by atoms with Crippen molar-refractivity contribution < 1.29 is 0 Å². The van der Waals surface area contributed by atoms with Gasteiger partial charge in [0.2, 0.25) is 0 Å². The largest absolute Gasteiger partial charge is 0.310 e. The molecule has 1 heterocycles. The molecular weight excluding hydrogens is 250 g/mol. The molecule has 2 heteroatoms. The lowest BCUT2D eigenvalue weighted by Crippen LogP contribution is -2.21. The number of unbranched alkanes of at least 4 members (excludes halogenated alkanes) is 5. The number of rotatable bonds is 11. The van der Waals surface area contributed by atoms with Crippen molar-refractivity contribution in [2.75, 3.05) is 6.54 Å². The first-order valence-corrected chi connectivity index (χ1v) is 8.94. The first kappa shape index (κ1) is 16.7. The Kier molecular flexibility index (Phi) is 9.19. The lowest BCUT2D eigenvalue weighted by Gasteiger charge is -2.17. The van der Waals surface area contributed by atoms with Gasteiger partial charge in [-0.05, 0) is 43.3 Å². The Morgan fingerprint density at radius 2 is 1.79 bits per heavy atom. The molecule has 1 aromatic rings. The highest BCUT2D eigenvalue weighted by Crippen LogP contribution is 2.25. The van der Waals surface area contributed by atoms with Gasteiger partial charge in [0.05, 0.1) is 0 Å². The fourth-order valence-corrected chi connectivity index (χ4v) is 3.24. The molecule has 0 spiro atoms. The Hall–Kier alpha value is -0.340. The van der Waals surface area contributed by atoms with E-state index in [1.54, 1.807) is 0 Å². The molecule has 1 aromatic heterocycles. The third kappa shape index (κ3) is 7.12. The maximum Gasteiger partial charge on any atom is 0.0328 e. The molecule has 0 saturated carbocycles. The molecule has 1 atom stereocenters. The summed E-state index contributed by atoms with van der Waals surface area (Å²) < 4.78 is 0. The van der Waals surface area contributed by atoms with E-state index in [-0.39, 0.29) is 0 Å². The summed E-state index contributed by atoms with van der Waals surface area (Å²) in [7, 11) is 0. The highest BCUT2D eigenvalue weighted by atomic mass is 32.1. The third-order valence-corrected chi connectivity index (χ3v) is 4.52. The van der Waals surface area contributed by atoms with Crippen LogP contribution in [0.25, 0.3) is 0 Å². The van der Waals surface area contributed by atoms with E-state index in [1.807, 2.05) is 11.3 Å². The van der Waals surface area contributed by atoms with Gasteiger partial charge in [-0.2, -0.15) is 0 Å². The Morgan fingerprint density at radius 3 is 2.42 bits per heavy atom. The van der Waals surface area contributed by atoms with Crippen molar-refractivity contribution in [3.8, 4) is 0 Å². The van der Waals surface area contributed by atoms with Crippen LogP contribution in [0.2, 0.25) is 0 Å². The van der Waals surface area contributed by atoms with Crippen molar-refractivity contribution in [3.63, 3.8) is 0 Å². The maximum absolute atomic E-state index is 3.71. The van der Waals surface area contributed by atoms with Gasteiger partial charge in [0, 0.05) is 10.9 Å². The molecule has 0 aromatic carbocycles. The van der Waals surface area contributed by atoms with Crippen LogP contribution in [0, 0.1) is 6.92 Å². The normalized spacial score (nSPS) is 12.8. The molecule has 110 valence electrons. The predicted molar refractivity (Wildman–Crippen MR) is 88.1 cm³/mol. The highest BCUT2D eigenvalue weighted by molar-refractivity contribution is 7.10. The van der Waals surface area contributed by atoms with E-state index in [4.69, 9.17) is 0 Å². The highest BCUT2D eigenvalue weighted by Gasteiger charge is 2.11. The lowest BCUT2D eigenvalue weighted by molar-refractivity contribution is 0.467. The van der Waals surface area contributed by atoms with Crippen LogP contribution in [-0.2, 0) is 0 Å². The van der Waals surface area contributed by atoms with Gasteiger partial charge >= 0.3 is 0 Å². The summed E-state index contributed by atoms with van der Waals surface area (Å²) in [5, 5.41) is 6.04. The van der Waals surface area contributed by atoms with Gasteiger partial charge in [0.25, 0.3) is 0 Å². The van der Waals surface area contributed by atoms with Crippen LogP contribution in [0.5, 0.6) is 0 Å². The standard InChI is InChI=1S/C17H31NS/c1-4-6-7-8-9-10-11-17(18-12-5-2)16-13-15(3)19-14-16/h13-14,17-18H,4-12H2,1-3H3. The summed E-state index contributed by atoms with van der Waals surface area (Å²) in [5.41, 5.74) is 1.50. The average molecular weight is 282 g/mol. The molecule has 0 saturated heterocycles. The third-order valence-electron chi connectivity index (χ3n) is 3.64. The number of hydrogen-bond acceptors (Lipinski definition) is 2. The van der Waals surface area contributed by atoms with E-state index < -0.39 is 0 Å². The van der Waals surface area contributed by atoms with Gasteiger partial charge < -0.3 is 5.32 Å². The Labute approximate surface area is 123 Å². The molecule has 1 rings (SSSR count). The molecule has 0 aliphatic heterocycles. The van der Waals surface area contributed by atoms with E-state index in [0.29, 0.717) is 6.04 Å². The zero-order chi connectivity index (χ0) is 13.9. The van der Waals surface area contributed by atoms with E-state index in [1.165, 1.54) is 61.8 Å². The maximum atomic E-state index is 3.71. The molecular formula is C17H31NS. The van der Waals surface area contributed by atoms with Crippen molar-refractivity contribution in [1.82, 2.24) is 5.32 Å². The minimum Gasteiger partial charge on any atom is -0.310 e. The van der Waals surface area contributed by atoms with Gasteiger partial charge in [-0.25, -0.2) is 0 Å². The summed E-state index contributed by atoms with van der Waals surface area (Å²) in [4.78, 5) is 1.43. The second-order valence-electron chi connectivity index (χ2n) is 5.55. The van der Waals surface area contributed by atoms with Gasteiger partial charge in [0.1, 0.15) is 0 Å². The minimum atomic E-state index is 0.580. The molecule has 0 bridgehead atoms. The number of hydrogen-bond donors (Lipinski definition) is 1. The van der Waals surface area contributed by atoms with Gasteiger partial charge in [-0.1, -0.05) is 52.4 Å². The zero-order valence-corrected chi connectivity index (χ0v) is 13.8. The van der Waals surface area contributed by atoms with Gasteiger partial charge in [-0.15, -0.1) is 11.3 Å². The van der Waals surface area contributed by atoms with Crippen LogP contribution < -0.4 is 5.32 Å². The topological polar surface area (TPSA) is 12.0 Å². The van der Waals surface area contributed by atoms with E-state index in [2.05, 4.69) is 37.5 Å². The molecule has 0 amide bonds. The van der Waals surface area contributed by atoms with Crippen molar-refractivity contribution >= 4 is 11.3 Å². The Morgan fingerprint density at radius 1 is 1.05 bits per heavy atom. The summed E-state index contributed by atoms with van der Waals surface area (Å²) in [6.45, 7) is 7.86. The monoisotopic (exact) mass is 281 g/mol. The van der Waals surface area contributed by atoms with Crippen LogP contribution in [-0.4, -0.2) is 6.54 Å². The molecule has 0 fully saturated rings. The van der Waals surface area contributed by atoms with Crippen LogP contribution in [0.3, 0.4) is 0 Å². The molecule has 1 unspecified atom stereocenters. The Balaban J connectivity index is 2.29. The molecule has 0 aliphatic carbocycles. The van der Waals surface area contributed by atoms with E-state index in [0.717, 1.165) is 6.54 Å². The quantitative estimate of drug-likeness (QED) is 0.502. The SMILES string of the molecule is CCCCCCCCC(NCCC)c1csc(C)c1. The summed E-state index contributed by atoms with van der Waals surface area (Å²) in [5.74, 6) is 0. The van der Waals surface area contributed by atoms with Crippen LogP contribution >= 0.6 is 11.3 Å². The number of nitrogens with one attached hydrogen (secondary N) is 1. The molecule has 0 radical (unpaired) electrons. The molecule has 1 N–H and O–H groups in total. The van der Waals surface area contributed by atoms with Crippen molar-refractivity contribution in [2.24, 2.45) is 0 Å². The van der Waals surface area contributed by atoms with Crippen molar-refractivity contribution in [1.29, 1.82) is 0 Å². The van der Waals surface area contributed by atoms with Crippen molar-refractivity contribution in [2.45, 2.75) is 78.2 Å². The van der Waals surface area contributed by atoms with E-state index >= 15 is 0 Å². The first-order chi connectivity index (χ1) is 9.27. The summed E-state index contributed by atoms with van der Waals surface area (Å²) in [6, 6.07) is 2.94. The lowest BCUT2D eigenvalue weighted by atomic mass is 10.0. The number of aryl methyl sites for hydroxylation is 1. The van der Waals surface area contributed by atoms with Gasteiger partial charge in [0.15, 0.2) is 0 Å². The fourth-order valence-electron chi connectivity index (χ4n) is 2.48. The summed E-state index contributed by atoms with van der Waals surface area (Å²) in [6.07, 6.45) is 10.8. The second kappa shape index (κ2) is 10.4. The van der Waals surface area contributed by atoms with Crippen LogP contribution in [0.15, 0.2) is 11.4 Å². The second-order valence-corrected chi connectivity index (χ2v) is 6.67. The molecule has 0 aliphatic rings. The predicted octanol–water partition coefficient (Wildman–Crippen LogP) is 5.85. The first-order valence-electron chi connectivity index (χ1n) is 8.06. The van der Waals surface area contributed by atoms with Crippen molar-refractivity contribution in [3.05, 3.63) is 21.9 Å². The smallest absolute Gasteiger partial charge is 0.0328 e. The minimum absolute atomic E-state index is 0.580. The average Bonchev–Trinajstić information content (AvgIpc) is 2.83. The number of thiophene rings is 1. The fraction of sp³-hybridized carbons (Fsp3) is 0.765. The zero-order valence-electron chi connectivity index (χ0n) is 13.0. The molecule has 1 nitrogen and oxygen atoms in total. The van der Waals surface area contributed by atoms with Crippen LogP contribution in [0.1, 0.15) is 81.7 Å².